The highest BCUT2D eigenvalue weighted by atomic mass is 16.6. The summed E-state index contributed by atoms with van der Waals surface area (Å²) in [6.07, 6.45) is -1.05. The summed E-state index contributed by atoms with van der Waals surface area (Å²) in [6.45, 7) is 11.4. The average Bonchev–Trinajstić information content (AvgIpc) is 2.50. The molecule has 0 spiro atoms. The Bertz CT molecular complexity index is 566. The van der Waals surface area contributed by atoms with E-state index in [-0.39, 0.29) is 6.42 Å². The number of carbonyl (C=O) groups is 4. The summed E-state index contributed by atoms with van der Waals surface area (Å²) in [5.41, 5.74) is 3.65. The maximum absolute atomic E-state index is 12.8. The average molecular weight is 418 g/mol. The normalized spacial score (nSPS) is 13.8. The highest BCUT2D eigenvalue weighted by molar-refractivity contribution is 5.96. The minimum Gasteiger partial charge on any atom is -0.480 e. The Balaban J connectivity index is 5.94. The Kier molecular flexibility index (Phi) is 10.1. The lowest BCUT2D eigenvalue weighted by molar-refractivity contribution is -0.142. The number of amides is 3. The van der Waals surface area contributed by atoms with Gasteiger partial charge in [0.25, 0.3) is 0 Å². The van der Waals surface area contributed by atoms with Crippen LogP contribution in [0.25, 0.3) is 0 Å². The van der Waals surface area contributed by atoms with E-state index >= 15 is 0 Å². The van der Waals surface area contributed by atoms with Gasteiger partial charge in [-0.1, -0.05) is 0 Å². The molecule has 0 aliphatic carbocycles. The molecular formula is C19H35N3O7. The van der Waals surface area contributed by atoms with E-state index in [4.69, 9.17) is 20.3 Å². The van der Waals surface area contributed by atoms with Crippen LogP contribution < -0.4 is 11.1 Å². The third kappa shape index (κ3) is 10.7. The highest BCUT2D eigenvalue weighted by Crippen LogP contribution is 2.20. The number of carboxylic acid groups (broad SMARTS) is 1. The number of carbonyl (C=O) groups excluding carboxylic acids is 3. The van der Waals surface area contributed by atoms with E-state index in [0.29, 0.717) is 24.3 Å². The number of ether oxygens (including phenoxy) is 2. The summed E-state index contributed by atoms with van der Waals surface area (Å²) < 4.78 is 10.6. The van der Waals surface area contributed by atoms with Gasteiger partial charge in [0.1, 0.15) is 23.3 Å². The van der Waals surface area contributed by atoms with E-state index < -0.39 is 47.3 Å². The Morgan fingerprint density at radius 2 is 1.41 bits per heavy atom. The van der Waals surface area contributed by atoms with Gasteiger partial charge < -0.3 is 25.6 Å². The molecule has 2 atom stereocenters. The summed E-state index contributed by atoms with van der Waals surface area (Å²) in [4.78, 5) is 50.0. The zero-order valence-electron chi connectivity index (χ0n) is 18.4. The van der Waals surface area contributed by atoms with Crippen molar-refractivity contribution in [1.29, 1.82) is 0 Å². The third-order valence-electron chi connectivity index (χ3n) is 3.46. The number of nitrogens with two attached hydrogens (primary N) is 1. The lowest BCUT2D eigenvalue weighted by Gasteiger charge is -2.33. The van der Waals surface area contributed by atoms with Crippen LogP contribution in [0.15, 0.2) is 0 Å². The third-order valence-corrected chi connectivity index (χ3v) is 3.46. The van der Waals surface area contributed by atoms with Gasteiger partial charge in [0.2, 0.25) is 5.91 Å². The molecule has 0 unspecified atom stereocenters. The second-order valence-corrected chi connectivity index (χ2v) is 8.70. The van der Waals surface area contributed by atoms with Gasteiger partial charge in [0.15, 0.2) is 0 Å². The van der Waals surface area contributed by atoms with Crippen molar-refractivity contribution >= 4 is 24.1 Å². The number of aliphatic carboxylic acids is 1. The molecular weight excluding hydrogens is 382 g/mol. The molecule has 0 aromatic rings. The van der Waals surface area contributed by atoms with Crippen LogP contribution in [0.5, 0.6) is 0 Å². The molecule has 3 amide bonds. The van der Waals surface area contributed by atoms with Crippen LogP contribution in [-0.4, -0.2) is 63.9 Å². The van der Waals surface area contributed by atoms with Crippen molar-refractivity contribution in [2.24, 2.45) is 5.73 Å². The summed E-state index contributed by atoms with van der Waals surface area (Å²) in [6, 6.07) is -2.52. The molecule has 0 radical (unpaired) electrons. The smallest absolute Gasteiger partial charge is 0.420 e. The standard InChI is InChI=1S/C19H35N3O7/c1-12(15(24)25)21-14(23)13(10-8-9-11-20)22(16(26)28-18(2,3)4)17(27)29-19(5,6)7/h12-13H,8-11,20H2,1-7H3,(H,21,23)(H,24,25)/t12-,13+/m0/s1. The molecule has 0 aliphatic heterocycles. The number of nitrogens with zero attached hydrogens (tertiary/aromatic N) is 1. The minimum absolute atomic E-state index is 0.0772. The van der Waals surface area contributed by atoms with E-state index in [9.17, 15) is 19.2 Å². The number of carboxylic acids is 1. The van der Waals surface area contributed by atoms with Crippen LogP contribution in [0, 0.1) is 0 Å². The summed E-state index contributed by atoms with van der Waals surface area (Å²) in [5, 5.41) is 11.4. The predicted molar refractivity (Wildman–Crippen MR) is 106 cm³/mol. The molecule has 0 bridgehead atoms. The van der Waals surface area contributed by atoms with Crippen molar-refractivity contribution < 1.29 is 33.8 Å². The monoisotopic (exact) mass is 417 g/mol. The minimum atomic E-state index is -1.31. The van der Waals surface area contributed by atoms with Gasteiger partial charge in [-0.15, -0.1) is 0 Å². The summed E-state index contributed by atoms with van der Waals surface area (Å²) >= 11 is 0. The maximum Gasteiger partial charge on any atom is 0.420 e. The summed E-state index contributed by atoms with van der Waals surface area (Å²) in [7, 11) is 0. The number of hydrogen-bond acceptors (Lipinski definition) is 7. The van der Waals surface area contributed by atoms with Crippen LogP contribution in [-0.2, 0) is 19.1 Å². The van der Waals surface area contributed by atoms with Crippen molar-refractivity contribution in [3.8, 4) is 0 Å². The highest BCUT2D eigenvalue weighted by Gasteiger charge is 2.40. The zero-order chi connectivity index (χ0) is 23.0. The molecule has 29 heavy (non-hydrogen) atoms. The quantitative estimate of drug-likeness (QED) is 0.509. The molecule has 0 saturated carbocycles. The molecule has 0 saturated heterocycles. The van der Waals surface area contributed by atoms with Crippen LogP contribution in [0.3, 0.4) is 0 Å². The van der Waals surface area contributed by atoms with E-state index in [1.54, 1.807) is 41.5 Å². The number of hydrogen-bond donors (Lipinski definition) is 3. The van der Waals surface area contributed by atoms with Crippen molar-refractivity contribution in [2.45, 2.75) is 91.0 Å². The second kappa shape index (κ2) is 11.0. The molecule has 0 aromatic heterocycles. The predicted octanol–water partition coefficient (Wildman–Crippen LogP) is 2.25. The first-order valence-corrected chi connectivity index (χ1v) is 9.57. The fourth-order valence-electron chi connectivity index (χ4n) is 2.18. The number of imide groups is 1. The van der Waals surface area contributed by atoms with Crippen LogP contribution in [0.1, 0.15) is 67.7 Å². The molecule has 10 heteroatoms. The lowest BCUT2D eigenvalue weighted by Crippen LogP contribution is -2.56. The fourth-order valence-corrected chi connectivity index (χ4v) is 2.18. The van der Waals surface area contributed by atoms with Crippen molar-refractivity contribution in [3.63, 3.8) is 0 Å². The fraction of sp³-hybridized carbons (Fsp3) is 0.789. The van der Waals surface area contributed by atoms with Gasteiger partial charge in [-0.05, 0) is 74.3 Å². The maximum atomic E-state index is 12.8. The Morgan fingerprint density at radius 1 is 0.966 bits per heavy atom. The first kappa shape index (κ1) is 26.6. The van der Waals surface area contributed by atoms with Crippen molar-refractivity contribution in [1.82, 2.24) is 10.2 Å². The molecule has 0 aromatic carbocycles. The van der Waals surface area contributed by atoms with Gasteiger partial charge in [-0.2, -0.15) is 4.90 Å². The molecule has 0 aliphatic rings. The number of rotatable bonds is 8. The molecule has 168 valence electrons. The van der Waals surface area contributed by atoms with Gasteiger partial charge in [0.05, 0.1) is 0 Å². The van der Waals surface area contributed by atoms with Crippen LogP contribution in [0.4, 0.5) is 9.59 Å². The Hall–Kier alpha value is -2.36. The summed E-state index contributed by atoms with van der Waals surface area (Å²) in [5.74, 6) is -2.05. The second-order valence-electron chi connectivity index (χ2n) is 8.70. The van der Waals surface area contributed by atoms with Crippen LogP contribution >= 0.6 is 0 Å². The van der Waals surface area contributed by atoms with Gasteiger partial charge in [-0.3, -0.25) is 9.59 Å². The lowest BCUT2D eigenvalue weighted by atomic mass is 10.1. The van der Waals surface area contributed by atoms with Crippen LogP contribution in [0.2, 0.25) is 0 Å². The SMILES string of the molecule is C[C@H](NC(=O)[C@@H](CCCCN)N(C(=O)OC(C)(C)C)C(=O)OC(C)(C)C)C(=O)O. The Morgan fingerprint density at radius 3 is 1.76 bits per heavy atom. The molecule has 4 N–H and O–H groups in total. The molecule has 0 heterocycles. The molecule has 0 rings (SSSR count). The molecule has 0 fully saturated rings. The van der Waals surface area contributed by atoms with E-state index in [2.05, 4.69) is 5.32 Å². The molecule has 10 nitrogen and oxygen atoms in total. The number of nitrogens with one attached hydrogen (secondary N) is 1. The largest absolute Gasteiger partial charge is 0.480 e. The Labute approximate surface area is 172 Å². The van der Waals surface area contributed by atoms with E-state index in [1.807, 2.05) is 0 Å². The van der Waals surface area contributed by atoms with Gasteiger partial charge in [-0.25, -0.2) is 9.59 Å². The van der Waals surface area contributed by atoms with Gasteiger partial charge in [0, 0.05) is 0 Å². The van der Waals surface area contributed by atoms with Gasteiger partial charge >= 0.3 is 18.2 Å². The first-order chi connectivity index (χ1) is 13.1. The van der Waals surface area contributed by atoms with Crippen molar-refractivity contribution in [2.75, 3.05) is 6.54 Å². The van der Waals surface area contributed by atoms with E-state index in [1.165, 1.54) is 6.92 Å². The zero-order valence-corrected chi connectivity index (χ0v) is 18.4. The number of unbranched alkanes of at least 4 members (excludes halogenated alkanes) is 1. The first-order valence-electron chi connectivity index (χ1n) is 9.57. The van der Waals surface area contributed by atoms with Crippen molar-refractivity contribution in [3.05, 3.63) is 0 Å². The van der Waals surface area contributed by atoms with E-state index in [0.717, 1.165) is 0 Å². The topological polar surface area (TPSA) is 148 Å².